The first-order chi connectivity index (χ1) is 18.6. The van der Waals surface area contributed by atoms with Crippen molar-refractivity contribution in [1.29, 1.82) is 0 Å². The predicted molar refractivity (Wildman–Crippen MR) is 152 cm³/mol. The number of carbonyl (C=O) groups is 4. The van der Waals surface area contributed by atoms with Gasteiger partial charge in [-0.15, -0.1) is 0 Å². The van der Waals surface area contributed by atoms with Gasteiger partial charge in [0.1, 0.15) is 23.9 Å². The molecule has 0 bridgehead atoms. The van der Waals surface area contributed by atoms with Crippen LogP contribution < -0.4 is 33.2 Å². The summed E-state index contributed by atoms with van der Waals surface area (Å²) in [4.78, 5) is 51.0. The van der Waals surface area contributed by atoms with E-state index >= 15 is 0 Å². The van der Waals surface area contributed by atoms with Crippen LogP contribution >= 0.6 is 11.8 Å². The lowest BCUT2D eigenvalue weighted by Gasteiger charge is -2.25. The first-order valence-corrected chi connectivity index (χ1v) is 14.6. The monoisotopic (exact) mass is 568 g/mol. The second-order valence-electron chi connectivity index (χ2n) is 9.35. The Bertz CT molecular complexity index is 903. The average molecular weight is 569 g/mol. The number of unbranched alkanes of at least 4 members (excludes halogenated alkanes) is 2. The van der Waals surface area contributed by atoms with Crippen LogP contribution in [-0.4, -0.2) is 83.2 Å². The van der Waals surface area contributed by atoms with Gasteiger partial charge in [-0.05, 0) is 87.7 Å². The number of hydrogen-bond acceptors (Lipinski definition) is 9. The fraction of sp³-hybridized carbons (Fsp3) is 0.615. The van der Waals surface area contributed by atoms with Gasteiger partial charge in [-0.3, -0.25) is 14.4 Å². The summed E-state index contributed by atoms with van der Waals surface area (Å²) < 4.78 is 0. The van der Waals surface area contributed by atoms with E-state index in [-0.39, 0.29) is 25.0 Å². The molecule has 1 rings (SSSR count). The number of carboxylic acids is 1. The highest BCUT2D eigenvalue weighted by Crippen LogP contribution is 2.13. The summed E-state index contributed by atoms with van der Waals surface area (Å²) in [6.07, 6.45) is 5.11. The van der Waals surface area contributed by atoms with Gasteiger partial charge < -0.3 is 43.4 Å². The molecule has 220 valence electrons. The molecule has 0 saturated carbocycles. The molecule has 1 aromatic rings. The van der Waals surface area contributed by atoms with E-state index in [0.29, 0.717) is 56.5 Å². The number of amides is 3. The molecule has 39 heavy (non-hydrogen) atoms. The molecular weight excluding hydrogens is 524 g/mol. The Kier molecular flexibility index (Phi) is 16.8. The molecule has 4 atom stereocenters. The van der Waals surface area contributed by atoms with E-state index in [9.17, 15) is 29.4 Å². The molecule has 0 spiro atoms. The molecule has 0 aliphatic heterocycles. The van der Waals surface area contributed by atoms with E-state index in [2.05, 4.69) is 16.0 Å². The molecule has 0 aromatic heterocycles. The molecular formula is C26H44N6O6S. The number of nitrogens with one attached hydrogen (secondary N) is 3. The Morgan fingerprint density at radius 2 is 1.31 bits per heavy atom. The summed E-state index contributed by atoms with van der Waals surface area (Å²) in [5, 5.41) is 27.1. The minimum absolute atomic E-state index is 0.0546. The van der Waals surface area contributed by atoms with E-state index in [1.54, 1.807) is 23.9 Å². The highest BCUT2D eigenvalue weighted by molar-refractivity contribution is 7.98. The fourth-order valence-corrected chi connectivity index (χ4v) is 4.28. The Morgan fingerprint density at radius 1 is 0.795 bits per heavy atom. The van der Waals surface area contributed by atoms with Crippen LogP contribution in [0.25, 0.3) is 0 Å². The molecule has 12 nitrogen and oxygen atoms in total. The summed E-state index contributed by atoms with van der Waals surface area (Å²) in [5.74, 6) is -2.20. The fourth-order valence-electron chi connectivity index (χ4n) is 3.79. The second-order valence-corrected chi connectivity index (χ2v) is 10.3. The summed E-state index contributed by atoms with van der Waals surface area (Å²) >= 11 is 1.55. The highest BCUT2D eigenvalue weighted by atomic mass is 32.2. The Hall–Kier alpha value is -2.87. The van der Waals surface area contributed by atoms with Crippen molar-refractivity contribution in [1.82, 2.24) is 16.0 Å². The van der Waals surface area contributed by atoms with E-state index in [0.717, 1.165) is 0 Å². The maximum Gasteiger partial charge on any atom is 0.326 e. The lowest BCUT2D eigenvalue weighted by atomic mass is 10.0. The lowest BCUT2D eigenvalue weighted by molar-refractivity contribution is -0.142. The molecule has 0 saturated heterocycles. The summed E-state index contributed by atoms with van der Waals surface area (Å²) in [5.41, 5.74) is 17.7. The highest BCUT2D eigenvalue weighted by Gasteiger charge is 2.30. The summed E-state index contributed by atoms with van der Waals surface area (Å²) in [6.45, 7) is 0.805. The summed E-state index contributed by atoms with van der Waals surface area (Å²) in [6, 6.07) is 2.14. The SMILES string of the molecule is CSCCC(N)C(=O)NC(Cc1ccc(O)cc1)C(=O)NC(CCCCN)C(=O)NC(CCCCN)C(=O)O. The van der Waals surface area contributed by atoms with Gasteiger partial charge in [0.15, 0.2) is 0 Å². The van der Waals surface area contributed by atoms with Crippen molar-refractivity contribution in [3.8, 4) is 5.75 Å². The third-order valence-corrected chi connectivity index (χ3v) is 6.76. The minimum atomic E-state index is -1.18. The molecule has 1 aromatic carbocycles. The number of aromatic hydroxyl groups is 1. The number of hydrogen-bond donors (Lipinski definition) is 8. The Labute approximate surface area is 234 Å². The summed E-state index contributed by atoms with van der Waals surface area (Å²) in [7, 11) is 0. The largest absolute Gasteiger partial charge is 0.508 e. The third kappa shape index (κ3) is 13.7. The minimum Gasteiger partial charge on any atom is -0.508 e. The second kappa shape index (κ2) is 19.2. The van der Waals surface area contributed by atoms with Gasteiger partial charge in [0.2, 0.25) is 17.7 Å². The van der Waals surface area contributed by atoms with Crippen LogP contribution in [0.4, 0.5) is 0 Å². The molecule has 11 N–H and O–H groups in total. The molecule has 0 fully saturated rings. The maximum absolute atomic E-state index is 13.4. The number of aliphatic carboxylic acids is 1. The van der Waals surface area contributed by atoms with Crippen molar-refractivity contribution >= 4 is 35.5 Å². The molecule has 0 aliphatic rings. The van der Waals surface area contributed by atoms with Gasteiger partial charge in [0, 0.05) is 6.42 Å². The van der Waals surface area contributed by atoms with Gasteiger partial charge in [0.05, 0.1) is 6.04 Å². The van der Waals surface area contributed by atoms with Crippen molar-refractivity contribution in [2.75, 3.05) is 25.1 Å². The smallest absolute Gasteiger partial charge is 0.326 e. The number of benzene rings is 1. The van der Waals surface area contributed by atoms with E-state index < -0.39 is 47.9 Å². The Morgan fingerprint density at radius 3 is 1.85 bits per heavy atom. The number of carbonyl (C=O) groups excluding carboxylic acids is 3. The van der Waals surface area contributed by atoms with E-state index in [1.807, 2.05) is 6.26 Å². The zero-order chi connectivity index (χ0) is 29.2. The molecule has 13 heteroatoms. The van der Waals surface area contributed by atoms with Crippen LogP contribution in [-0.2, 0) is 25.6 Å². The number of nitrogens with two attached hydrogens (primary N) is 3. The van der Waals surface area contributed by atoms with Crippen LogP contribution in [0.5, 0.6) is 5.75 Å². The van der Waals surface area contributed by atoms with Crippen LogP contribution in [0.15, 0.2) is 24.3 Å². The predicted octanol–water partition coefficient (Wildman–Crippen LogP) is -0.188. The van der Waals surface area contributed by atoms with E-state index in [4.69, 9.17) is 17.2 Å². The number of rotatable bonds is 20. The zero-order valence-corrected chi connectivity index (χ0v) is 23.4. The van der Waals surface area contributed by atoms with Crippen molar-refractivity contribution in [3.63, 3.8) is 0 Å². The number of phenolic OH excluding ortho intramolecular Hbond substituents is 1. The van der Waals surface area contributed by atoms with Crippen LogP contribution in [0, 0.1) is 0 Å². The molecule has 3 amide bonds. The van der Waals surface area contributed by atoms with Gasteiger partial charge in [-0.1, -0.05) is 12.1 Å². The van der Waals surface area contributed by atoms with Crippen molar-refractivity contribution < 1.29 is 29.4 Å². The number of carboxylic acid groups (broad SMARTS) is 1. The first kappa shape index (κ1) is 34.2. The average Bonchev–Trinajstić information content (AvgIpc) is 2.91. The van der Waals surface area contributed by atoms with Gasteiger partial charge in [-0.2, -0.15) is 11.8 Å². The van der Waals surface area contributed by atoms with Gasteiger partial charge in [0.25, 0.3) is 0 Å². The Balaban J connectivity index is 3.09. The lowest BCUT2D eigenvalue weighted by Crippen LogP contribution is -2.57. The van der Waals surface area contributed by atoms with Crippen molar-refractivity contribution in [2.45, 2.75) is 75.5 Å². The number of phenols is 1. The first-order valence-electron chi connectivity index (χ1n) is 13.2. The third-order valence-electron chi connectivity index (χ3n) is 6.12. The topological polar surface area (TPSA) is 223 Å². The van der Waals surface area contributed by atoms with Crippen LogP contribution in [0.2, 0.25) is 0 Å². The molecule has 0 heterocycles. The molecule has 0 radical (unpaired) electrons. The normalized spacial score (nSPS) is 14.1. The molecule has 0 aliphatic carbocycles. The van der Waals surface area contributed by atoms with Crippen molar-refractivity contribution in [2.24, 2.45) is 17.2 Å². The van der Waals surface area contributed by atoms with E-state index in [1.165, 1.54) is 12.1 Å². The standard InChI is InChI=1S/C26H44N6O6S/c1-39-15-12-19(29)23(34)32-22(16-17-8-10-18(33)11-9-17)25(36)30-20(6-2-4-13-27)24(35)31-21(26(37)38)7-3-5-14-28/h8-11,19-22,33H,2-7,12-16,27-29H2,1H3,(H,30,36)(H,31,35)(H,32,34)(H,37,38). The number of thioether (sulfide) groups is 1. The molecule has 4 unspecified atom stereocenters. The van der Waals surface area contributed by atoms with Gasteiger partial charge >= 0.3 is 5.97 Å². The van der Waals surface area contributed by atoms with Crippen LogP contribution in [0.3, 0.4) is 0 Å². The quantitative estimate of drug-likeness (QED) is 0.0968. The van der Waals surface area contributed by atoms with Gasteiger partial charge in [-0.25, -0.2) is 4.79 Å². The zero-order valence-electron chi connectivity index (χ0n) is 22.6. The maximum atomic E-state index is 13.4. The van der Waals surface area contributed by atoms with Crippen LogP contribution in [0.1, 0.15) is 50.5 Å². The van der Waals surface area contributed by atoms with Crippen molar-refractivity contribution in [3.05, 3.63) is 29.8 Å².